The van der Waals surface area contributed by atoms with Crippen LogP contribution >= 0.6 is 0 Å². The molecule has 1 aliphatic carbocycles. The maximum Gasteiger partial charge on any atom is 0.194 e. The zero-order valence-electron chi connectivity index (χ0n) is 13.3. The minimum absolute atomic E-state index is 0.139. The first kappa shape index (κ1) is 14.1. The molecule has 4 rings (SSSR count). The number of pyridine rings is 1. The third-order valence-corrected chi connectivity index (χ3v) is 4.79. The Hall–Kier alpha value is -2.48. The van der Waals surface area contributed by atoms with Gasteiger partial charge < -0.3 is 0 Å². The Labute approximate surface area is 136 Å². The van der Waals surface area contributed by atoms with Gasteiger partial charge in [0.1, 0.15) is 0 Å². The number of aryl methyl sites for hydroxylation is 2. The van der Waals surface area contributed by atoms with E-state index in [9.17, 15) is 4.79 Å². The second-order valence-corrected chi connectivity index (χ2v) is 6.28. The van der Waals surface area contributed by atoms with Gasteiger partial charge in [0.2, 0.25) is 0 Å². The van der Waals surface area contributed by atoms with Crippen molar-refractivity contribution >= 4 is 16.7 Å². The van der Waals surface area contributed by atoms with Crippen LogP contribution in [0.25, 0.3) is 10.9 Å². The molecule has 0 N–H and O–H groups in total. The Bertz CT molecular complexity index is 911. The van der Waals surface area contributed by atoms with Crippen LogP contribution in [0.1, 0.15) is 45.6 Å². The summed E-state index contributed by atoms with van der Waals surface area (Å²) in [6, 6.07) is 15.9. The van der Waals surface area contributed by atoms with E-state index in [2.05, 4.69) is 0 Å². The van der Waals surface area contributed by atoms with Crippen molar-refractivity contribution in [2.45, 2.75) is 32.6 Å². The van der Waals surface area contributed by atoms with Gasteiger partial charge in [-0.2, -0.15) is 0 Å². The predicted octanol–water partition coefficient (Wildman–Crippen LogP) is 4.65. The number of para-hydroxylation sites is 1. The third-order valence-electron chi connectivity index (χ3n) is 4.79. The molecular formula is C21H19NO. The molecule has 0 bridgehead atoms. The molecule has 114 valence electrons. The molecule has 3 aromatic rings. The second-order valence-electron chi connectivity index (χ2n) is 6.28. The van der Waals surface area contributed by atoms with Crippen molar-refractivity contribution in [3.05, 3.63) is 76.5 Å². The first-order valence-corrected chi connectivity index (χ1v) is 8.26. The number of aromatic nitrogens is 1. The fourth-order valence-corrected chi connectivity index (χ4v) is 3.59. The number of carbonyl (C=O) groups is 1. The van der Waals surface area contributed by atoms with Gasteiger partial charge in [-0.05, 0) is 49.8 Å². The number of benzene rings is 2. The monoisotopic (exact) mass is 301 g/mol. The summed E-state index contributed by atoms with van der Waals surface area (Å²) < 4.78 is 0. The minimum Gasteiger partial charge on any atom is -0.289 e. The molecule has 2 heteroatoms. The van der Waals surface area contributed by atoms with E-state index in [0.717, 1.165) is 59.0 Å². The zero-order valence-corrected chi connectivity index (χ0v) is 13.3. The summed E-state index contributed by atoms with van der Waals surface area (Å²) in [5, 5.41) is 0.987. The van der Waals surface area contributed by atoms with Crippen LogP contribution in [-0.4, -0.2) is 10.8 Å². The number of carbonyl (C=O) groups excluding carboxylic acids is 1. The van der Waals surface area contributed by atoms with Gasteiger partial charge in [-0.25, -0.2) is 0 Å². The Morgan fingerprint density at radius 2 is 1.70 bits per heavy atom. The van der Waals surface area contributed by atoms with E-state index in [-0.39, 0.29) is 5.78 Å². The highest BCUT2D eigenvalue weighted by Gasteiger charge is 2.23. The third kappa shape index (κ3) is 2.35. The van der Waals surface area contributed by atoms with E-state index >= 15 is 0 Å². The van der Waals surface area contributed by atoms with Gasteiger partial charge in [0.25, 0.3) is 0 Å². The fraction of sp³-hybridized carbons (Fsp3) is 0.238. The lowest BCUT2D eigenvalue weighted by Crippen LogP contribution is -2.15. The fourth-order valence-electron chi connectivity index (χ4n) is 3.59. The summed E-state index contributed by atoms with van der Waals surface area (Å²) in [5.74, 6) is 0.139. The number of nitrogens with zero attached hydrogens (tertiary/aromatic N) is 1. The first-order valence-electron chi connectivity index (χ1n) is 8.26. The number of rotatable bonds is 2. The SMILES string of the molecule is Cc1ccccc1C(=O)c1c2c(nc3ccccc13)CCCC2. The summed E-state index contributed by atoms with van der Waals surface area (Å²) >= 11 is 0. The van der Waals surface area contributed by atoms with Gasteiger partial charge in [0.15, 0.2) is 5.78 Å². The van der Waals surface area contributed by atoms with Gasteiger partial charge in [0, 0.05) is 22.2 Å². The molecule has 2 nitrogen and oxygen atoms in total. The highest BCUT2D eigenvalue weighted by molar-refractivity contribution is 6.17. The van der Waals surface area contributed by atoms with E-state index in [4.69, 9.17) is 4.98 Å². The number of hydrogen-bond donors (Lipinski definition) is 0. The normalized spacial score (nSPS) is 13.8. The molecule has 1 heterocycles. The van der Waals surface area contributed by atoms with E-state index in [1.807, 2.05) is 55.5 Å². The lowest BCUT2D eigenvalue weighted by Gasteiger charge is -2.20. The highest BCUT2D eigenvalue weighted by Crippen LogP contribution is 2.31. The quantitative estimate of drug-likeness (QED) is 0.645. The highest BCUT2D eigenvalue weighted by atomic mass is 16.1. The first-order chi connectivity index (χ1) is 11.3. The molecule has 0 saturated carbocycles. The Balaban J connectivity index is 2.02. The smallest absolute Gasteiger partial charge is 0.194 e. The molecular weight excluding hydrogens is 282 g/mol. The molecule has 0 aliphatic heterocycles. The Kier molecular flexibility index (Phi) is 3.45. The molecule has 1 aromatic heterocycles. The number of ketones is 1. The van der Waals surface area contributed by atoms with Gasteiger partial charge in [-0.15, -0.1) is 0 Å². The molecule has 2 aromatic carbocycles. The molecule has 1 aliphatic rings. The van der Waals surface area contributed by atoms with Crippen LogP contribution in [0.2, 0.25) is 0 Å². The lowest BCUT2D eigenvalue weighted by atomic mass is 9.86. The molecule has 0 atom stereocenters. The number of fused-ring (bicyclic) bond motifs is 2. The van der Waals surface area contributed by atoms with Crippen LogP contribution in [0.3, 0.4) is 0 Å². The predicted molar refractivity (Wildman–Crippen MR) is 93.0 cm³/mol. The summed E-state index contributed by atoms with van der Waals surface area (Å²) in [6.07, 6.45) is 4.24. The molecule has 0 fully saturated rings. The average molecular weight is 301 g/mol. The van der Waals surface area contributed by atoms with Crippen molar-refractivity contribution in [2.24, 2.45) is 0 Å². The molecule has 0 amide bonds. The number of hydrogen-bond acceptors (Lipinski definition) is 2. The van der Waals surface area contributed by atoms with Crippen LogP contribution in [-0.2, 0) is 12.8 Å². The standard InChI is InChI=1S/C21H19NO/c1-14-8-2-3-9-15(14)21(23)20-16-10-4-6-12-18(16)22-19-13-7-5-11-17(19)20/h2-4,6,8-10,12H,5,7,11,13H2,1H3. The van der Waals surface area contributed by atoms with Crippen LogP contribution in [0.15, 0.2) is 48.5 Å². The van der Waals surface area contributed by atoms with Crippen molar-refractivity contribution in [1.82, 2.24) is 4.98 Å². The Morgan fingerprint density at radius 1 is 0.957 bits per heavy atom. The largest absolute Gasteiger partial charge is 0.289 e. The molecule has 0 spiro atoms. The van der Waals surface area contributed by atoms with Gasteiger partial charge >= 0.3 is 0 Å². The van der Waals surface area contributed by atoms with E-state index < -0.39 is 0 Å². The lowest BCUT2D eigenvalue weighted by molar-refractivity contribution is 0.103. The topological polar surface area (TPSA) is 30.0 Å². The van der Waals surface area contributed by atoms with Gasteiger partial charge in [-0.1, -0.05) is 42.5 Å². The maximum absolute atomic E-state index is 13.3. The summed E-state index contributed by atoms with van der Waals surface area (Å²) in [4.78, 5) is 18.1. The van der Waals surface area contributed by atoms with Crippen molar-refractivity contribution in [2.75, 3.05) is 0 Å². The zero-order chi connectivity index (χ0) is 15.8. The maximum atomic E-state index is 13.3. The molecule has 23 heavy (non-hydrogen) atoms. The van der Waals surface area contributed by atoms with Gasteiger partial charge in [0.05, 0.1) is 5.52 Å². The van der Waals surface area contributed by atoms with Crippen molar-refractivity contribution in [3.8, 4) is 0 Å². The van der Waals surface area contributed by atoms with E-state index in [1.54, 1.807) is 0 Å². The molecule has 0 saturated heterocycles. The second kappa shape index (κ2) is 5.62. The molecule has 0 radical (unpaired) electrons. The van der Waals surface area contributed by atoms with Crippen molar-refractivity contribution in [3.63, 3.8) is 0 Å². The minimum atomic E-state index is 0.139. The van der Waals surface area contributed by atoms with E-state index in [0.29, 0.717) is 0 Å². The van der Waals surface area contributed by atoms with Crippen LogP contribution in [0.5, 0.6) is 0 Å². The van der Waals surface area contributed by atoms with Crippen LogP contribution in [0, 0.1) is 6.92 Å². The average Bonchev–Trinajstić information content (AvgIpc) is 2.59. The van der Waals surface area contributed by atoms with Crippen LogP contribution in [0.4, 0.5) is 0 Å². The molecule has 0 unspecified atom stereocenters. The summed E-state index contributed by atoms with van der Waals surface area (Å²) in [5.41, 5.74) is 5.93. The van der Waals surface area contributed by atoms with Gasteiger partial charge in [-0.3, -0.25) is 9.78 Å². The van der Waals surface area contributed by atoms with Crippen molar-refractivity contribution in [1.29, 1.82) is 0 Å². The van der Waals surface area contributed by atoms with Crippen LogP contribution < -0.4 is 0 Å². The summed E-state index contributed by atoms with van der Waals surface area (Å²) in [7, 11) is 0. The summed E-state index contributed by atoms with van der Waals surface area (Å²) in [6.45, 7) is 2.00. The Morgan fingerprint density at radius 3 is 2.57 bits per heavy atom. The van der Waals surface area contributed by atoms with E-state index in [1.165, 1.54) is 5.56 Å². The van der Waals surface area contributed by atoms with Crippen molar-refractivity contribution < 1.29 is 4.79 Å².